The van der Waals surface area contributed by atoms with E-state index in [-0.39, 0.29) is 74.3 Å². The number of hydrogen-bond donors (Lipinski definition) is 5. The van der Waals surface area contributed by atoms with Crippen molar-refractivity contribution in [2.45, 2.75) is 6.92 Å². The zero-order valence-corrected chi connectivity index (χ0v) is 26.6. The van der Waals surface area contributed by atoms with Gasteiger partial charge < -0.3 is 15.3 Å². The SMILES string of the molecule is Cc1[nH]n(-c2ccccc2)c(=O)c1[NH+]=Nc1cc([N+](=O)[O-])ccc1O.O=[N+]([O-])c1ccc(O)c(N=Nc2c(O)ccc3ccccc23)c1.[Cr]. The van der Waals surface area contributed by atoms with Crippen LogP contribution >= 0.6 is 0 Å². The van der Waals surface area contributed by atoms with Crippen LogP contribution in [0.15, 0.2) is 123 Å². The third-order valence-corrected chi connectivity index (χ3v) is 6.85. The molecule has 0 atom stereocenters. The Labute approximate surface area is 286 Å². The third-order valence-electron chi connectivity index (χ3n) is 6.85. The number of nitrogens with one attached hydrogen (secondary N) is 2. The average Bonchev–Trinajstić information content (AvgIpc) is 3.37. The van der Waals surface area contributed by atoms with Crippen molar-refractivity contribution in [3.8, 4) is 22.9 Å². The molecule has 0 spiro atoms. The molecule has 246 valence electrons. The van der Waals surface area contributed by atoms with Gasteiger partial charge in [0.2, 0.25) is 0 Å². The molecule has 16 nitrogen and oxygen atoms in total. The van der Waals surface area contributed by atoms with Gasteiger partial charge in [0.15, 0.2) is 5.69 Å². The number of azo groups is 2. The molecule has 1 aromatic heterocycles. The van der Waals surface area contributed by atoms with Crippen LogP contribution in [-0.4, -0.2) is 34.9 Å². The first-order chi connectivity index (χ1) is 23.0. The molecule has 0 aliphatic carbocycles. The molecule has 0 aliphatic heterocycles. The number of aromatic amines is 1. The predicted octanol–water partition coefficient (Wildman–Crippen LogP) is 6.16. The van der Waals surface area contributed by atoms with Crippen molar-refractivity contribution in [1.29, 1.82) is 0 Å². The number of nitro groups is 2. The molecule has 5 aromatic carbocycles. The summed E-state index contributed by atoms with van der Waals surface area (Å²) in [6.45, 7) is 1.69. The molecule has 1 heterocycles. The van der Waals surface area contributed by atoms with Gasteiger partial charge in [-0.1, -0.05) is 53.6 Å². The zero-order valence-electron chi connectivity index (χ0n) is 25.3. The van der Waals surface area contributed by atoms with E-state index in [1.807, 2.05) is 18.2 Å². The van der Waals surface area contributed by atoms with Crippen LogP contribution in [-0.2, 0) is 17.4 Å². The number of aromatic hydroxyl groups is 3. The fourth-order valence-corrected chi connectivity index (χ4v) is 4.43. The van der Waals surface area contributed by atoms with Crippen molar-refractivity contribution in [3.05, 3.63) is 139 Å². The zero-order chi connectivity index (χ0) is 34.4. The summed E-state index contributed by atoms with van der Waals surface area (Å²) < 4.78 is 1.35. The maximum Gasteiger partial charge on any atom is 0.345 e. The van der Waals surface area contributed by atoms with Crippen molar-refractivity contribution >= 4 is 44.9 Å². The van der Waals surface area contributed by atoms with Gasteiger partial charge in [0.05, 0.1) is 21.6 Å². The fourth-order valence-electron chi connectivity index (χ4n) is 4.43. The Morgan fingerprint density at radius 3 is 1.96 bits per heavy atom. The molecule has 0 amide bonds. The standard InChI is InChI=1S/C16H13N5O4.C16H11N3O4.Cr/c1-10-15(16(23)20(19-10)11-5-3-2-4-6-11)18-17-13-9-12(21(24)25)7-8-14(13)22;20-14-8-6-11(19(22)23)9-13(14)17-18-16-12-4-2-1-3-10(12)5-7-15(16)21;/h2-9,19,22H,1H3;1-9,20-21H;/p+1. The summed E-state index contributed by atoms with van der Waals surface area (Å²) in [5.74, 6) is -0.550. The summed E-state index contributed by atoms with van der Waals surface area (Å²) in [6, 6.07) is 26.4. The van der Waals surface area contributed by atoms with E-state index in [0.717, 1.165) is 23.6 Å². The Balaban J connectivity index is 0.000000217. The molecule has 0 bridgehead atoms. The van der Waals surface area contributed by atoms with Crippen molar-refractivity contribution in [2.24, 2.45) is 15.3 Å². The molecule has 0 radical (unpaired) electrons. The van der Waals surface area contributed by atoms with Gasteiger partial charge in [-0.3, -0.25) is 30.1 Å². The fraction of sp³-hybridized carbons (Fsp3) is 0.0312. The third kappa shape index (κ3) is 8.00. The van der Waals surface area contributed by atoms with Crippen molar-refractivity contribution in [3.63, 3.8) is 0 Å². The second kappa shape index (κ2) is 15.3. The van der Waals surface area contributed by atoms with Crippen LogP contribution in [0.1, 0.15) is 5.69 Å². The van der Waals surface area contributed by atoms with E-state index in [9.17, 15) is 40.3 Å². The van der Waals surface area contributed by atoms with E-state index in [1.165, 1.54) is 28.9 Å². The van der Waals surface area contributed by atoms with Gasteiger partial charge in [0.25, 0.3) is 11.4 Å². The van der Waals surface area contributed by atoms with Crippen molar-refractivity contribution < 1.29 is 47.6 Å². The molecular weight excluding hydrogens is 676 g/mol. The van der Waals surface area contributed by atoms with Gasteiger partial charge in [-0.15, -0.1) is 10.2 Å². The quantitative estimate of drug-likeness (QED) is 0.0733. The van der Waals surface area contributed by atoms with Crippen LogP contribution < -0.4 is 10.7 Å². The van der Waals surface area contributed by atoms with E-state index < -0.39 is 9.85 Å². The maximum absolute atomic E-state index is 12.5. The molecule has 0 unspecified atom stereocenters. The molecule has 0 saturated carbocycles. The molecule has 0 aliphatic rings. The topological polar surface area (TPSA) is 236 Å². The number of phenols is 3. The minimum Gasteiger partial charge on any atom is -0.506 e. The van der Waals surface area contributed by atoms with Gasteiger partial charge >= 0.3 is 11.2 Å². The minimum absolute atomic E-state index is 0. The number of nitrogens with zero attached hydrogens (tertiary/aromatic N) is 6. The summed E-state index contributed by atoms with van der Waals surface area (Å²) in [5.41, 5.74) is 0.710. The molecule has 17 heteroatoms. The Morgan fingerprint density at radius 2 is 1.31 bits per heavy atom. The number of rotatable bonds is 7. The van der Waals surface area contributed by atoms with Gasteiger partial charge in [0.1, 0.15) is 34.3 Å². The van der Waals surface area contributed by atoms with Crippen LogP contribution in [0.25, 0.3) is 16.5 Å². The predicted molar refractivity (Wildman–Crippen MR) is 173 cm³/mol. The number of hydrogen-bond acceptors (Lipinski definition) is 11. The van der Waals surface area contributed by atoms with Crippen molar-refractivity contribution in [1.82, 2.24) is 9.78 Å². The van der Waals surface area contributed by atoms with E-state index in [0.29, 0.717) is 16.8 Å². The van der Waals surface area contributed by atoms with Crippen LogP contribution in [0.4, 0.5) is 34.1 Å². The number of nitro benzene ring substituents is 2. The summed E-state index contributed by atoms with van der Waals surface area (Å²) >= 11 is 0. The number of para-hydroxylation sites is 1. The molecule has 49 heavy (non-hydrogen) atoms. The molecule has 6 rings (SSSR count). The molecule has 6 aromatic rings. The van der Waals surface area contributed by atoms with Crippen LogP contribution in [0, 0.1) is 27.2 Å². The smallest absolute Gasteiger partial charge is 0.345 e. The number of benzene rings is 5. The van der Waals surface area contributed by atoms with Gasteiger partial charge in [-0.05, 0) is 42.6 Å². The number of phenolic OH excluding ortho intramolecular Hbond substituents is 3. The summed E-state index contributed by atoms with van der Waals surface area (Å²) in [4.78, 5) is 32.9. The Kier molecular flexibility index (Phi) is 11.0. The summed E-state index contributed by atoms with van der Waals surface area (Å²) in [7, 11) is 0. The average molecular weight is 702 g/mol. The molecular formula is C32H25CrN8O8+. The number of aryl methyl sites for hydroxylation is 1. The molecule has 0 fully saturated rings. The number of H-pyrrole nitrogens is 1. The monoisotopic (exact) mass is 701 g/mol. The van der Waals surface area contributed by atoms with Crippen molar-refractivity contribution in [2.75, 3.05) is 0 Å². The molecule has 5 N–H and O–H groups in total. The first-order valence-electron chi connectivity index (χ1n) is 13.9. The van der Waals surface area contributed by atoms with E-state index in [2.05, 4.69) is 25.6 Å². The van der Waals surface area contributed by atoms with E-state index >= 15 is 0 Å². The van der Waals surface area contributed by atoms with Gasteiger partial charge in [0, 0.05) is 46.1 Å². The van der Waals surface area contributed by atoms with Crippen LogP contribution in [0.5, 0.6) is 17.2 Å². The number of non-ortho nitro benzene ring substituents is 2. The van der Waals surface area contributed by atoms with Crippen LogP contribution in [0.3, 0.4) is 0 Å². The molecule has 0 saturated heterocycles. The minimum atomic E-state index is -0.595. The maximum atomic E-state index is 12.5. The van der Waals surface area contributed by atoms with Gasteiger partial charge in [-0.2, -0.15) is 0 Å². The van der Waals surface area contributed by atoms with E-state index in [1.54, 1.807) is 49.4 Å². The first kappa shape index (κ1) is 35.2. The van der Waals surface area contributed by atoms with E-state index in [4.69, 9.17) is 0 Å². The summed E-state index contributed by atoms with van der Waals surface area (Å²) in [6.07, 6.45) is 0. The Bertz CT molecular complexity index is 2290. The second-order valence-electron chi connectivity index (χ2n) is 10.0. The van der Waals surface area contributed by atoms with Crippen LogP contribution in [0.2, 0.25) is 0 Å². The second-order valence-corrected chi connectivity index (χ2v) is 10.0. The Hall–Kier alpha value is -6.70. The first-order valence-corrected chi connectivity index (χ1v) is 13.9. The largest absolute Gasteiger partial charge is 0.506 e. The number of fused-ring (bicyclic) bond motifs is 1. The number of aromatic nitrogens is 2. The normalized spacial score (nSPS) is 10.9. The summed E-state index contributed by atoms with van der Waals surface area (Å²) in [5, 5.41) is 69.8. The Morgan fingerprint density at radius 1 is 0.735 bits per heavy atom. The van der Waals surface area contributed by atoms with Gasteiger partial charge in [-0.25, -0.2) is 4.68 Å².